The molecule has 7 nitrogen and oxygen atoms in total. The van der Waals surface area contributed by atoms with Gasteiger partial charge in [-0.05, 0) is 19.3 Å². The molecule has 1 aliphatic rings. The Bertz CT molecular complexity index is 356. The van der Waals surface area contributed by atoms with Crippen LogP contribution < -0.4 is 16.0 Å². The summed E-state index contributed by atoms with van der Waals surface area (Å²) in [6, 6.07) is -0.662. The summed E-state index contributed by atoms with van der Waals surface area (Å²) < 4.78 is 0. The molecule has 108 valence electrons. The molecule has 1 aliphatic heterocycles. The predicted molar refractivity (Wildman–Crippen MR) is 68.6 cm³/mol. The fourth-order valence-electron chi connectivity index (χ4n) is 2.08. The van der Waals surface area contributed by atoms with Crippen molar-refractivity contribution in [2.45, 2.75) is 51.1 Å². The highest BCUT2D eigenvalue weighted by Gasteiger charge is 2.36. The number of carbonyl (C=O) groups excluding carboxylic acids is 2. The molecule has 0 spiro atoms. The molecule has 1 heterocycles. The van der Waals surface area contributed by atoms with E-state index in [2.05, 4.69) is 16.0 Å². The maximum absolute atomic E-state index is 11.8. The molecule has 0 aliphatic carbocycles. The summed E-state index contributed by atoms with van der Waals surface area (Å²) in [6.07, 6.45) is 1.56. The summed E-state index contributed by atoms with van der Waals surface area (Å²) >= 11 is 0. The van der Waals surface area contributed by atoms with Gasteiger partial charge in [0.2, 0.25) is 5.91 Å². The second kappa shape index (κ2) is 6.40. The van der Waals surface area contributed by atoms with Gasteiger partial charge in [0.05, 0.1) is 0 Å². The van der Waals surface area contributed by atoms with Crippen molar-refractivity contribution < 1.29 is 19.5 Å². The van der Waals surface area contributed by atoms with Crippen LogP contribution in [0.2, 0.25) is 0 Å². The summed E-state index contributed by atoms with van der Waals surface area (Å²) in [6.45, 7) is 3.82. The lowest BCUT2D eigenvalue weighted by molar-refractivity contribution is -0.144. The van der Waals surface area contributed by atoms with E-state index in [9.17, 15) is 19.5 Å². The van der Waals surface area contributed by atoms with E-state index in [1.165, 1.54) is 0 Å². The van der Waals surface area contributed by atoms with Gasteiger partial charge in [0.15, 0.2) is 0 Å². The van der Waals surface area contributed by atoms with Crippen LogP contribution in [-0.2, 0) is 9.59 Å². The zero-order chi connectivity index (χ0) is 14.5. The van der Waals surface area contributed by atoms with E-state index < -0.39 is 17.5 Å². The highest BCUT2D eigenvalue weighted by molar-refractivity contribution is 5.86. The Labute approximate surface area is 112 Å². The molecule has 1 atom stereocenters. The Morgan fingerprint density at radius 2 is 2.05 bits per heavy atom. The molecule has 0 radical (unpaired) electrons. The highest BCUT2D eigenvalue weighted by atomic mass is 16.4. The normalized spacial score (nSPS) is 19.5. The van der Waals surface area contributed by atoms with Crippen molar-refractivity contribution in [2.24, 2.45) is 0 Å². The SMILES string of the molecule is CCC(CC)(NC(=O)NC1CCC(=O)NC1)C(=O)O. The van der Waals surface area contributed by atoms with Crippen LogP contribution in [0.3, 0.4) is 0 Å². The molecule has 0 aromatic rings. The standard InChI is InChI=1S/C12H21N3O4/c1-3-12(4-2,10(17)18)15-11(19)14-8-5-6-9(16)13-7-8/h8H,3-7H2,1-2H3,(H,13,16)(H,17,18)(H2,14,15,19). The Balaban J connectivity index is 2.54. The van der Waals surface area contributed by atoms with Crippen LogP contribution >= 0.6 is 0 Å². The lowest BCUT2D eigenvalue weighted by Gasteiger charge is -2.30. The van der Waals surface area contributed by atoms with Crippen molar-refractivity contribution >= 4 is 17.9 Å². The number of amides is 3. The lowest BCUT2D eigenvalue weighted by atomic mass is 9.93. The number of urea groups is 1. The largest absolute Gasteiger partial charge is 0.480 e. The fraction of sp³-hybridized carbons (Fsp3) is 0.750. The zero-order valence-corrected chi connectivity index (χ0v) is 11.3. The van der Waals surface area contributed by atoms with Gasteiger partial charge in [0.25, 0.3) is 0 Å². The molecule has 0 aromatic heterocycles. The first kappa shape index (κ1) is 15.3. The maximum atomic E-state index is 11.8. The lowest BCUT2D eigenvalue weighted by Crippen LogP contribution is -2.59. The summed E-state index contributed by atoms with van der Waals surface area (Å²) in [5.41, 5.74) is -1.23. The third-order valence-electron chi connectivity index (χ3n) is 3.57. The number of rotatable bonds is 5. The highest BCUT2D eigenvalue weighted by Crippen LogP contribution is 2.15. The van der Waals surface area contributed by atoms with Crippen molar-refractivity contribution in [1.29, 1.82) is 0 Å². The van der Waals surface area contributed by atoms with Gasteiger partial charge in [-0.2, -0.15) is 0 Å². The Morgan fingerprint density at radius 1 is 1.42 bits per heavy atom. The number of hydrogen-bond donors (Lipinski definition) is 4. The van der Waals surface area contributed by atoms with Gasteiger partial charge >= 0.3 is 12.0 Å². The second-order valence-corrected chi connectivity index (χ2v) is 4.73. The van der Waals surface area contributed by atoms with E-state index in [4.69, 9.17) is 0 Å². The molecule has 1 fully saturated rings. The van der Waals surface area contributed by atoms with Crippen molar-refractivity contribution in [2.75, 3.05) is 6.54 Å². The molecule has 4 N–H and O–H groups in total. The van der Waals surface area contributed by atoms with Gasteiger partial charge in [-0.25, -0.2) is 9.59 Å². The molecule has 1 unspecified atom stereocenters. The van der Waals surface area contributed by atoms with Gasteiger partial charge in [-0.1, -0.05) is 13.8 Å². The summed E-state index contributed by atoms with van der Waals surface area (Å²) in [4.78, 5) is 34.1. The number of nitrogens with one attached hydrogen (secondary N) is 3. The van der Waals surface area contributed by atoms with E-state index in [1.807, 2.05) is 0 Å². The summed E-state index contributed by atoms with van der Waals surface area (Å²) in [5, 5.41) is 17.1. The zero-order valence-electron chi connectivity index (χ0n) is 11.3. The van der Waals surface area contributed by atoms with Crippen LogP contribution in [0.5, 0.6) is 0 Å². The van der Waals surface area contributed by atoms with Gasteiger partial charge in [0.1, 0.15) is 5.54 Å². The van der Waals surface area contributed by atoms with Gasteiger partial charge in [-0.3, -0.25) is 4.79 Å². The van der Waals surface area contributed by atoms with Crippen molar-refractivity contribution in [3.05, 3.63) is 0 Å². The first-order valence-electron chi connectivity index (χ1n) is 6.52. The quantitative estimate of drug-likeness (QED) is 0.573. The van der Waals surface area contributed by atoms with E-state index in [0.29, 0.717) is 32.2 Å². The van der Waals surface area contributed by atoms with Gasteiger partial charge < -0.3 is 21.1 Å². The first-order valence-corrected chi connectivity index (χ1v) is 6.52. The summed E-state index contributed by atoms with van der Waals surface area (Å²) in [5.74, 6) is -1.06. The van der Waals surface area contributed by atoms with Crippen molar-refractivity contribution in [3.63, 3.8) is 0 Å². The molecule has 1 rings (SSSR count). The van der Waals surface area contributed by atoms with E-state index in [1.54, 1.807) is 13.8 Å². The van der Waals surface area contributed by atoms with E-state index in [0.717, 1.165) is 0 Å². The molecule has 19 heavy (non-hydrogen) atoms. The van der Waals surface area contributed by atoms with Crippen LogP contribution in [0.4, 0.5) is 4.79 Å². The topological polar surface area (TPSA) is 108 Å². The molecule has 0 aromatic carbocycles. The third-order valence-corrected chi connectivity index (χ3v) is 3.57. The smallest absolute Gasteiger partial charge is 0.329 e. The third kappa shape index (κ3) is 3.84. The first-order chi connectivity index (χ1) is 8.93. The predicted octanol–water partition coefficient (Wildman–Crippen LogP) is 0.208. The fourth-order valence-corrected chi connectivity index (χ4v) is 2.08. The minimum Gasteiger partial charge on any atom is -0.480 e. The van der Waals surface area contributed by atoms with E-state index in [-0.39, 0.29) is 11.9 Å². The molecule has 0 bridgehead atoms. The van der Waals surface area contributed by atoms with Crippen LogP contribution in [-0.4, -0.2) is 41.1 Å². The van der Waals surface area contributed by atoms with Crippen LogP contribution in [0.15, 0.2) is 0 Å². The average molecular weight is 271 g/mol. The van der Waals surface area contributed by atoms with Gasteiger partial charge in [-0.15, -0.1) is 0 Å². The van der Waals surface area contributed by atoms with Crippen LogP contribution in [0.25, 0.3) is 0 Å². The van der Waals surface area contributed by atoms with Crippen LogP contribution in [0.1, 0.15) is 39.5 Å². The number of piperidine rings is 1. The Kier molecular flexibility index (Phi) is 5.14. The van der Waals surface area contributed by atoms with Gasteiger partial charge in [0, 0.05) is 19.0 Å². The monoisotopic (exact) mass is 271 g/mol. The maximum Gasteiger partial charge on any atom is 0.329 e. The number of hydrogen-bond acceptors (Lipinski definition) is 3. The molecule has 1 saturated heterocycles. The molecular formula is C12H21N3O4. The molecular weight excluding hydrogens is 250 g/mol. The molecule has 3 amide bonds. The molecule has 7 heteroatoms. The Hall–Kier alpha value is -1.79. The minimum absolute atomic E-state index is 0.0274. The van der Waals surface area contributed by atoms with E-state index >= 15 is 0 Å². The Morgan fingerprint density at radius 3 is 2.47 bits per heavy atom. The minimum atomic E-state index is -1.23. The van der Waals surface area contributed by atoms with Crippen molar-refractivity contribution in [1.82, 2.24) is 16.0 Å². The van der Waals surface area contributed by atoms with Crippen LogP contribution in [0, 0.1) is 0 Å². The molecule has 0 saturated carbocycles. The average Bonchev–Trinajstić information content (AvgIpc) is 2.38. The van der Waals surface area contributed by atoms with Crippen molar-refractivity contribution in [3.8, 4) is 0 Å². The summed E-state index contributed by atoms with van der Waals surface area (Å²) in [7, 11) is 0. The second-order valence-electron chi connectivity index (χ2n) is 4.73. The number of carboxylic acids is 1. The number of carboxylic acid groups (broad SMARTS) is 1. The number of carbonyl (C=O) groups is 3. The number of aliphatic carboxylic acids is 1.